The van der Waals surface area contributed by atoms with Gasteiger partial charge < -0.3 is 9.84 Å². The maximum Gasteiger partial charge on any atom is 0.326 e. The Morgan fingerprint density at radius 1 is 1.79 bits per heavy atom. The number of ether oxygens (including phenoxy) is 1. The van der Waals surface area contributed by atoms with E-state index < -0.39 is 17.6 Å². The van der Waals surface area contributed by atoms with Crippen molar-refractivity contribution in [1.82, 2.24) is 4.90 Å². The molecule has 0 aromatic rings. The Morgan fingerprint density at radius 2 is 2.43 bits per heavy atom. The summed E-state index contributed by atoms with van der Waals surface area (Å²) in [6, 6.07) is 1.60. The van der Waals surface area contributed by atoms with Crippen LogP contribution < -0.4 is 0 Å². The second-order valence-electron chi connectivity index (χ2n) is 3.56. The molecular weight excluding hydrogens is 184 g/mol. The fourth-order valence-electron chi connectivity index (χ4n) is 1.61. The Labute approximate surface area is 82.9 Å². The molecule has 1 saturated heterocycles. The van der Waals surface area contributed by atoms with E-state index in [4.69, 9.17) is 15.1 Å². The summed E-state index contributed by atoms with van der Waals surface area (Å²) in [4.78, 5) is 12.7. The predicted molar refractivity (Wildman–Crippen MR) is 48.6 cm³/mol. The lowest BCUT2D eigenvalue weighted by atomic mass is 9.95. The summed E-state index contributed by atoms with van der Waals surface area (Å²) in [7, 11) is 1.65. The molecule has 0 saturated carbocycles. The van der Waals surface area contributed by atoms with Crippen LogP contribution in [-0.2, 0) is 9.53 Å². The lowest BCUT2D eigenvalue weighted by Crippen LogP contribution is -2.56. The van der Waals surface area contributed by atoms with Crippen LogP contribution in [0, 0.1) is 11.3 Å². The average Bonchev–Trinajstić information content (AvgIpc) is 2.65. The summed E-state index contributed by atoms with van der Waals surface area (Å²) in [5.41, 5.74) is -1.02. The van der Waals surface area contributed by atoms with Crippen molar-refractivity contribution in [3.05, 3.63) is 0 Å². The predicted octanol–water partition coefficient (Wildman–Crippen LogP) is 0.0740. The van der Waals surface area contributed by atoms with Gasteiger partial charge in [0, 0.05) is 13.0 Å². The highest BCUT2D eigenvalue weighted by molar-refractivity contribution is 5.79. The first-order chi connectivity index (χ1) is 6.54. The molecule has 78 valence electrons. The van der Waals surface area contributed by atoms with Gasteiger partial charge >= 0.3 is 5.97 Å². The van der Waals surface area contributed by atoms with Crippen molar-refractivity contribution < 1.29 is 14.6 Å². The molecule has 2 unspecified atom stereocenters. The summed E-state index contributed by atoms with van der Waals surface area (Å²) in [5, 5.41) is 17.9. The molecule has 0 aromatic heterocycles. The molecule has 0 radical (unpaired) electrons. The zero-order chi connectivity index (χ0) is 10.8. The van der Waals surface area contributed by atoms with Crippen molar-refractivity contribution in [3.63, 3.8) is 0 Å². The molecule has 1 aliphatic rings. The quantitative estimate of drug-likeness (QED) is 0.694. The van der Waals surface area contributed by atoms with Crippen molar-refractivity contribution in [3.8, 4) is 6.07 Å². The molecule has 1 N–H and O–H groups in total. The van der Waals surface area contributed by atoms with Crippen molar-refractivity contribution in [2.24, 2.45) is 0 Å². The molecule has 0 spiro atoms. The number of aliphatic carboxylic acids is 1. The average molecular weight is 198 g/mol. The van der Waals surface area contributed by atoms with Crippen molar-refractivity contribution >= 4 is 5.97 Å². The van der Waals surface area contributed by atoms with Gasteiger partial charge in [0.05, 0.1) is 18.7 Å². The van der Waals surface area contributed by atoms with Gasteiger partial charge in [0.25, 0.3) is 0 Å². The van der Waals surface area contributed by atoms with E-state index in [0.717, 1.165) is 0 Å². The summed E-state index contributed by atoms with van der Waals surface area (Å²) < 4.78 is 5.11. The minimum atomic E-state index is -1.02. The molecule has 2 atom stereocenters. The van der Waals surface area contributed by atoms with Gasteiger partial charge in [-0.1, -0.05) is 0 Å². The Bertz CT molecular complexity index is 266. The van der Waals surface area contributed by atoms with Gasteiger partial charge in [-0.2, -0.15) is 5.26 Å². The first-order valence-electron chi connectivity index (χ1n) is 4.48. The minimum Gasteiger partial charge on any atom is -0.480 e. The highest BCUT2D eigenvalue weighted by Crippen LogP contribution is 2.26. The number of hydrogen-bond acceptors (Lipinski definition) is 4. The molecule has 0 aromatic carbocycles. The fraction of sp³-hybridized carbons (Fsp3) is 0.778. The third kappa shape index (κ3) is 1.59. The van der Waals surface area contributed by atoms with E-state index in [1.54, 1.807) is 18.9 Å². The van der Waals surface area contributed by atoms with E-state index in [0.29, 0.717) is 13.0 Å². The molecule has 0 amide bonds. The minimum absolute atomic E-state index is 0.158. The van der Waals surface area contributed by atoms with Crippen molar-refractivity contribution in [2.75, 3.05) is 20.3 Å². The molecule has 1 fully saturated rings. The Kier molecular flexibility index (Phi) is 3.09. The van der Waals surface area contributed by atoms with E-state index in [1.165, 1.54) is 0 Å². The van der Waals surface area contributed by atoms with Crippen LogP contribution in [0.5, 0.6) is 0 Å². The number of rotatable bonds is 3. The zero-order valence-corrected chi connectivity index (χ0v) is 8.36. The third-order valence-corrected chi connectivity index (χ3v) is 2.84. The Balaban J connectivity index is 2.89. The highest BCUT2D eigenvalue weighted by Gasteiger charge is 2.47. The second kappa shape index (κ2) is 3.95. The third-order valence-electron chi connectivity index (χ3n) is 2.84. The molecule has 1 rings (SSSR count). The number of carbonyl (C=O) groups is 1. The van der Waals surface area contributed by atoms with Gasteiger partial charge in [-0.05, 0) is 14.0 Å². The first kappa shape index (κ1) is 11.0. The maximum atomic E-state index is 11.2. The SMILES string of the molecule is CC(C#N)N(C)C1(C(=O)O)CCOC1. The van der Waals surface area contributed by atoms with Crippen LogP contribution in [0.3, 0.4) is 0 Å². The fourth-order valence-corrected chi connectivity index (χ4v) is 1.61. The molecule has 14 heavy (non-hydrogen) atoms. The zero-order valence-electron chi connectivity index (χ0n) is 8.36. The summed E-state index contributed by atoms with van der Waals surface area (Å²) in [6.07, 6.45) is 0.435. The second-order valence-corrected chi connectivity index (χ2v) is 3.56. The molecule has 0 aliphatic carbocycles. The van der Waals surface area contributed by atoms with Crippen LogP contribution >= 0.6 is 0 Å². The molecule has 1 heterocycles. The van der Waals surface area contributed by atoms with E-state index in [-0.39, 0.29) is 6.61 Å². The van der Waals surface area contributed by atoms with Crippen LogP contribution in [0.15, 0.2) is 0 Å². The van der Waals surface area contributed by atoms with Crippen LogP contribution in [-0.4, -0.2) is 47.8 Å². The number of likely N-dealkylation sites (N-methyl/N-ethyl adjacent to an activating group) is 1. The van der Waals surface area contributed by atoms with E-state index >= 15 is 0 Å². The largest absolute Gasteiger partial charge is 0.480 e. The summed E-state index contributed by atoms with van der Waals surface area (Å²) in [5.74, 6) is -0.917. The van der Waals surface area contributed by atoms with Crippen molar-refractivity contribution in [1.29, 1.82) is 5.26 Å². The highest BCUT2D eigenvalue weighted by atomic mass is 16.5. The van der Waals surface area contributed by atoms with Crippen LogP contribution in [0.2, 0.25) is 0 Å². The van der Waals surface area contributed by atoms with E-state index in [9.17, 15) is 4.79 Å². The van der Waals surface area contributed by atoms with Gasteiger partial charge in [-0.3, -0.25) is 9.69 Å². The molecule has 5 heteroatoms. The van der Waals surface area contributed by atoms with E-state index in [2.05, 4.69) is 0 Å². The number of nitrogens with zero attached hydrogens (tertiary/aromatic N) is 2. The summed E-state index contributed by atoms with van der Waals surface area (Å²) >= 11 is 0. The van der Waals surface area contributed by atoms with Gasteiger partial charge in [0.15, 0.2) is 0 Å². The normalized spacial score (nSPS) is 28.7. The van der Waals surface area contributed by atoms with Gasteiger partial charge in [-0.25, -0.2) is 0 Å². The number of carboxylic acid groups (broad SMARTS) is 1. The number of nitriles is 1. The van der Waals surface area contributed by atoms with Gasteiger partial charge in [0.1, 0.15) is 5.54 Å². The summed E-state index contributed by atoms with van der Waals surface area (Å²) in [6.45, 7) is 2.28. The number of hydrogen-bond donors (Lipinski definition) is 1. The maximum absolute atomic E-state index is 11.2. The first-order valence-corrected chi connectivity index (χ1v) is 4.48. The topological polar surface area (TPSA) is 73.6 Å². The smallest absolute Gasteiger partial charge is 0.326 e. The van der Waals surface area contributed by atoms with Crippen molar-refractivity contribution in [2.45, 2.75) is 24.9 Å². The standard InChI is InChI=1S/C9H14N2O3/c1-7(5-10)11(2)9(8(12)13)3-4-14-6-9/h7H,3-4,6H2,1-2H3,(H,12,13). The molecule has 0 bridgehead atoms. The Morgan fingerprint density at radius 3 is 2.79 bits per heavy atom. The Hall–Kier alpha value is -1.12. The van der Waals surface area contributed by atoms with Gasteiger partial charge in [0.2, 0.25) is 0 Å². The monoisotopic (exact) mass is 198 g/mol. The lowest BCUT2D eigenvalue weighted by molar-refractivity contribution is -0.151. The molecular formula is C9H14N2O3. The van der Waals surface area contributed by atoms with Crippen LogP contribution in [0.1, 0.15) is 13.3 Å². The molecule has 1 aliphatic heterocycles. The van der Waals surface area contributed by atoms with Gasteiger partial charge in [-0.15, -0.1) is 0 Å². The van der Waals surface area contributed by atoms with E-state index in [1.807, 2.05) is 6.07 Å². The van der Waals surface area contributed by atoms with Crippen LogP contribution in [0.25, 0.3) is 0 Å². The van der Waals surface area contributed by atoms with Crippen LogP contribution in [0.4, 0.5) is 0 Å². The lowest BCUT2D eigenvalue weighted by Gasteiger charge is -2.34. The molecule has 5 nitrogen and oxygen atoms in total. The number of carboxylic acids is 1.